The summed E-state index contributed by atoms with van der Waals surface area (Å²) in [6.07, 6.45) is 2.43. The fraction of sp³-hybridized carbons (Fsp3) is 0.302. The van der Waals surface area contributed by atoms with Gasteiger partial charge in [-0.1, -0.05) is 33.1 Å². The van der Waals surface area contributed by atoms with Crippen LogP contribution in [0.4, 0.5) is 0 Å². The molecule has 0 aliphatic rings. The van der Waals surface area contributed by atoms with Crippen molar-refractivity contribution < 1.29 is 57.2 Å². The molecule has 290 valence electrons. The summed E-state index contributed by atoms with van der Waals surface area (Å²) < 4.78 is 32.3. The molecule has 3 aromatic rings. The lowest BCUT2D eigenvalue weighted by Crippen LogP contribution is -2.34. The molecule has 0 atom stereocenters. The van der Waals surface area contributed by atoms with E-state index in [1.165, 1.54) is 88.5 Å². The highest BCUT2D eigenvalue weighted by Crippen LogP contribution is 2.32. The van der Waals surface area contributed by atoms with E-state index in [1.54, 1.807) is 6.07 Å². The van der Waals surface area contributed by atoms with Crippen LogP contribution in [-0.4, -0.2) is 56.1 Å². The lowest BCUT2D eigenvalue weighted by Gasteiger charge is -2.32. The van der Waals surface area contributed by atoms with Crippen LogP contribution < -0.4 is 14.2 Å². The Morgan fingerprint density at radius 2 is 1.00 bits per heavy atom. The van der Waals surface area contributed by atoms with Gasteiger partial charge in [-0.15, -0.1) is 0 Å². The van der Waals surface area contributed by atoms with E-state index in [1.807, 2.05) is 6.92 Å². The summed E-state index contributed by atoms with van der Waals surface area (Å²) in [6.45, 7) is 17.0. The average Bonchev–Trinajstić information content (AvgIpc) is 3.17. The van der Waals surface area contributed by atoms with Gasteiger partial charge in [0.25, 0.3) is 0 Å². The maximum atomic E-state index is 13.2. The maximum Gasteiger partial charge on any atom is 0.338 e. The van der Waals surface area contributed by atoms with E-state index in [0.717, 1.165) is 0 Å². The van der Waals surface area contributed by atoms with Gasteiger partial charge in [0.1, 0.15) is 30.5 Å². The highest BCUT2D eigenvalue weighted by molar-refractivity contribution is 5.93. The lowest BCUT2D eigenvalue weighted by atomic mass is 9.81. The molecule has 0 bridgehead atoms. The molecule has 55 heavy (non-hydrogen) atoms. The average molecular weight is 755 g/mol. The summed E-state index contributed by atoms with van der Waals surface area (Å²) in [5.41, 5.74) is 1.21. The molecule has 0 amide bonds. The number of carbonyl (C=O) groups is 6. The second kappa shape index (κ2) is 20.2. The monoisotopic (exact) mass is 754 g/mol. The zero-order valence-corrected chi connectivity index (χ0v) is 31.8. The summed E-state index contributed by atoms with van der Waals surface area (Å²) in [5, 5.41) is 0. The number of unbranched alkanes of at least 4 members (excludes halogenated alkanes) is 1. The van der Waals surface area contributed by atoms with Gasteiger partial charge in [0.2, 0.25) is 0 Å². The Hall–Kier alpha value is -6.30. The molecule has 12 nitrogen and oxygen atoms in total. The topological polar surface area (TPSA) is 158 Å². The molecule has 0 N–H and O–H groups in total. The van der Waals surface area contributed by atoms with Crippen molar-refractivity contribution in [3.8, 4) is 17.2 Å². The second-order valence-electron chi connectivity index (χ2n) is 13.1. The minimum Gasteiger partial charge on any atom is -0.465 e. The van der Waals surface area contributed by atoms with Crippen LogP contribution in [-0.2, 0) is 35.0 Å². The van der Waals surface area contributed by atoms with Crippen LogP contribution in [0.2, 0.25) is 0 Å². The van der Waals surface area contributed by atoms with Gasteiger partial charge in [-0.05, 0) is 119 Å². The van der Waals surface area contributed by atoms with Gasteiger partial charge in [0.05, 0.1) is 23.8 Å². The highest BCUT2D eigenvalue weighted by atomic mass is 16.6. The zero-order chi connectivity index (χ0) is 40.7. The minimum atomic E-state index is -0.816. The number of hydrogen-bond acceptors (Lipinski definition) is 12. The number of benzene rings is 3. The van der Waals surface area contributed by atoms with Gasteiger partial charge in [0.15, 0.2) is 0 Å². The predicted octanol–water partition coefficient (Wildman–Crippen LogP) is 7.74. The van der Waals surface area contributed by atoms with E-state index < -0.39 is 41.2 Å². The Morgan fingerprint density at radius 3 is 1.40 bits per heavy atom. The van der Waals surface area contributed by atoms with Crippen molar-refractivity contribution >= 4 is 35.8 Å². The van der Waals surface area contributed by atoms with Crippen LogP contribution in [0.3, 0.4) is 0 Å². The van der Waals surface area contributed by atoms with E-state index in [0.29, 0.717) is 43.2 Å². The normalized spacial score (nSPS) is 10.7. The van der Waals surface area contributed by atoms with E-state index in [4.69, 9.17) is 28.4 Å². The molecule has 0 unspecified atom stereocenters. The lowest BCUT2D eigenvalue weighted by molar-refractivity contribution is -0.130. The van der Waals surface area contributed by atoms with Crippen LogP contribution in [0.15, 0.2) is 103 Å². The summed E-state index contributed by atoms with van der Waals surface area (Å²) >= 11 is 0. The molecular weight excluding hydrogens is 708 g/mol. The number of methoxy groups -OCH3 is 1. The molecule has 0 aliphatic carbocycles. The van der Waals surface area contributed by atoms with Crippen LogP contribution in [0.5, 0.6) is 17.2 Å². The van der Waals surface area contributed by atoms with E-state index in [-0.39, 0.29) is 58.3 Å². The van der Waals surface area contributed by atoms with E-state index >= 15 is 0 Å². The van der Waals surface area contributed by atoms with Crippen LogP contribution in [0, 0.1) is 5.41 Å². The SMILES string of the molecule is C=C(C)C(=O)Oc1ccc(C(=O)OCC(CC)(CCCCc2cc(OC(=O)C(=C)C)ccc2C(=O)OC)COC(=O)c2ccc(OC(=O)C(=C)C)cc2)cc1. The minimum absolute atomic E-state index is 0.0996. The fourth-order valence-electron chi connectivity index (χ4n) is 5.04. The Morgan fingerprint density at radius 1 is 0.582 bits per heavy atom. The van der Waals surface area contributed by atoms with E-state index in [9.17, 15) is 28.8 Å². The Kier molecular flexibility index (Phi) is 15.9. The van der Waals surface area contributed by atoms with Gasteiger partial charge < -0.3 is 28.4 Å². The standard InChI is InChI=1S/C43H46O12/c1-9-43(25-51-40(47)30-13-17-33(18-14-30)53-37(44)27(2)3,26-52-41(48)31-15-19-34(20-16-31)54-38(45)28(4)5)23-11-10-12-32-24-35(55-39(46)29(6)7)21-22-36(32)42(49)50-8/h13-22,24H,2,4,6,9-12,23,25-26H2,1,3,5,7-8H3. The fourth-order valence-corrected chi connectivity index (χ4v) is 5.04. The largest absolute Gasteiger partial charge is 0.465 e. The van der Waals surface area contributed by atoms with E-state index in [2.05, 4.69) is 19.7 Å². The summed E-state index contributed by atoms with van der Waals surface area (Å²) in [4.78, 5) is 74.7. The van der Waals surface area contributed by atoms with Crippen molar-refractivity contribution in [1.82, 2.24) is 0 Å². The molecule has 0 heterocycles. The molecule has 0 fully saturated rings. The third-order valence-electron chi connectivity index (χ3n) is 8.51. The molecule has 3 rings (SSSR count). The molecule has 0 saturated carbocycles. The number of carbonyl (C=O) groups excluding carboxylic acids is 6. The quantitative estimate of drug-likeness (QED) is 0.0386. The zero-order valence-electron chi connectivity index (χ0n) is 31.8. The number of esters is 6. The van der Waals surface area contributed by atoms with Gasteiger partial charge in [-0.3, -0.25) is 0 Å². The summed E-state index contributed by atoms with van der Waals surface area (Å²) in [7, 11) is 1.28. The van der Waals surface area contributed by atoms with Gasteiger partial charge in [-0.2, -0.15) is 0 Å². The summed E-state index contributed by atoms with van der Waals surface area (Å²) in [6, 6.07) is 16.4. The molecule has 0 saturated heterocycles. The molecule has 0 spiro atoms. The van der Waals surface area contributed by atoms with Crippen molar-refractivity contribution in [3.05, 3.63) is 125 Å². The maximum absolute atomic E-state index is 13.2. The number of aryl methyl sites for hydroxylation is 1. The first-order valence-corrected chi connectivity index (χ1v) is 17.5. The molecule has 0 aliphatic heterocycles. The molecular formula is C43H46O12. The first-order chi connectivity index (χ1) is 26.1. The number of rotatable bonds is 19. The van der Waals surface area contributed by atoms with Crippen LogP contribution in [0.25, 0.3) is 0 Å². The number of hydrogen-bond donors (Lipinski definition) is 0. The van der Waals surface area contributed by atoms with Crippen molar-refractivity contribution in [2.45, 2.75) is 59.8 Å². The molecule has 3 aromatic carbocycles. The predicted molar refractivity (Wildman–Crippen MR) is 203 cm³/mol. The van der Waals surface area contributed by atoms with Gasteiger partial charge >= 0.3 is 35.8 Å². The second-order valence-corrected chi connectivity index (χ2v) is 13.1. The van der Waals surface area contributed by atoms with Crippen molar-refractivity contribution in [1.29, 1.82) is 0 Å². The smallest absolute Gasteiger partial charge is 0.338 e. The van der Waals surface area contributed by atoms with Gasteiger partial charge in [-0.25, -0.2) is 28.8 Å². The Balaban J connectivity index is 1.78. The molecule has 12 heteroatoms. The van der Waals surface area contributed by atoms with Crippen LogP contribution >= 0.6 is 0 Å². The van der Waals surface area contributed by atoms with Crippen molar-refractivity contribution in [2.75, 3.05) is 20.3 Å². The summed E-state index contributed by atoms with van der Waals surface area (Å²) in [5.74, 6) is -2.89. The Labute approximate surface area is 320 Å². The van der Waals surface area contributed by atoms with Gasteiger partial charge in [0, 0.05) is 22.1 Å². The van der Waals surface area contributed by atoms with Crippen LogP contribution in [0.1, 0.15) is 90.0 Å². The highest BCUT2D eigenvalue weighted by Gasteiger charge is 2.32. The molecule has 0 aromatic heterocycles. The first kappa shape index (κ1) is 43.1. The van der Waals surface area contributed by atoms with Crippen molar-refractivity contribution in [3.63, 3.8) is 0 Å². The van der Waals surface area contributed by atoms with Crippen molar-refractivity contribution in [2.24, 2.45) is 5.41 Å². The number of ether oxygens (including phenoxy) is 6. The first-order valence-electron chi connectivity index (χ1n) is 17.5. The Bertz CT molecular complexity index is 1850. The molecule has 0 radical (unpaired) electrons. The third kappa shape index (κ3) is 13.0. The third-order valence-corrected chi connectivity index (χ3v) is 8.51.